The SMILES string of the molecule is Cc1ccc([C@H](N)c2ccc(OC(F)(F)F)cc2)o1.Cl. The molecule has 0 aliphatic rings. The van der Waals surface area contributed by atoms with Crippen LogP contribution >= 0.6 is 12.4 Å². The zero-order chi connectivity index (χ0) is 14.0. The molecule has 0 saturated carbocycles. The minimum Gasteiger partial charge on any atom is -0.464 e. The van der Waals surface area contributed by atoms with E-state index in [0.717, 1.165) is 5.76 Å². The molecule has 2 aromatic rings. The summed E-state index contributed by atoms with van der Waals surface area (Å²) < 4.78 is 45.2. The molecule has 0 unspecified atom stereocenters. The van der Waals surface area contributed by atoms with Crippen molar-refractivity contribution in [1.29, 1.82) is 0 Å². The van der Waals surface area contributed by atoms with E-state index in [-0.39, 0.29) is 18.2 Å². The maximum atomic E-state index is 12.0. The standard InChI is InChI=1S/C13H12F3NO2.ClH/c1-8-2-7-11(18-8)12(17)9-3-5-10(6-4-9)19-13(14,15)16;/h2-7,12H,17H2,1H3;1H/t12-;/m1./s1. The van der Waals surface area contributed by atoms with Crippen molar-refractivity contribution in [3.8, 4) is 5.75 Å². The van der Waals surface area contributed by atoms with Crippen LogP contribution in [0.3, 0.4) is 0 Å². The minimum atomic E-state index is -4.69. The van der Waals surface area contributed by atoms with Crippen molar-refractivity contribution in [2.45, 2.75) is 19.3 Å². The van der Waals surface area contributed by atoms with Crippen LogP contribution < -0.4 is 10.5 Å². The summed E-state index contributed by atoms with van der Waals surface area (Å²) in [5.74, 6) is 1.00. The first-order valence-electron chi connectivity index (χ1n) is 5.53. The highest BCUT2D eigenvalue weighted by Gasteiger charge is 2.31. The van der Waals surface area contributed by atoms with Gasteiger partial charge in [-0.3, -0.25) is 0 Å². The van der Waals surface area contributed by atoms with Crippen molar-refractivity contribution in [3.63, 3.8) is 0 Å². The Morgan fingerprint density at radius 3 is 2.15 bits per heavy atom. The molecule has 1 aromatic heterocycles. The predicted octanol–water partition coefficient (Wildman–Crippen LogP) is 3.96. The average molecular weight is 308 g/mol. The molecule has 0 bridgehead atoms. The van der Waals surface area contributed by atoms with Gasteiger partial charge < -0.3 is 14.9 Å². The Morgan fingerprint density at radius 1 is 1.10 bits per heavy atom. The van der Waals surface area contributed by atoms with E-state index in [1.165, 1.54) is 24.3 Å². The summed E-state index contributed by atoms with van der Waals surface area (Å²) in [5, 5.41) is 0. The summed E-state index contributed by atoms with van der Waals surface area (Å²) in [6.45, 7) is 1.79. The molecule has 3 nitrogen and oxygen atoms in total. The van der Waals surface area contributed by atoms with Crippen molar-refractivity contribution >= 4 is 12.4 Å². The van der Waals surface area contributed by atoms with Gasteiger partial charge in [-0.25, -0.2) is 0 Å². The van der Waals surface area contributed by atoms with E-state index in [1.54, 1.807) is 19.1 Å². The van der Waals surface area contributed by atoms with Gasteiger partial charge in [-0.1, -0.05) is 12.1 Å². The lowest BCUT2D eigenvalue weighted by atomic mass is 10.1. The molecule has 0 saturated heterocycles. The van der Waals surface area contributed by atoms with Gasteiger partial charge in [0.15, 0.2) is 0 Å². The van der Waals surface area contributed by atoms with Gasteiger partial charge in [0.1, 0.15) is 17.3 Å². The molecule has 0 radical (unpaired) electrons. The lowest BCUT2D eigenvalue weighted by Crippen LogP contribution is -2.17. The Hall–Kier alpha value is -1.66. The highest BCUT2D eigenvalue weighted by atomic mass is 35.5. The number of hydrogen-bond acceptors (Lipinski definition) is 3. The van der Waals surface area contributed by atoms with Crippen LogP contribution in [0.4, 0.5) is 13.2 Å². The predicted molar refractivity (Wildman–Crippen MR) is 69.8 cm³/mol. The molecule has 7 heteroatoms. The topological polar surface area (TPSA) is 48.4 Å². The molecular weight excluding hydrogens is 295 g/mol. The molecule has 2 N–H and O–H groups in total. The number of nitrogens with two attached hydrogens (primary N) is 1. The molecule has 20 heavy (non-hydrogen) atoms. The number of ether oxygens (including phenoxy) is 1. The molecule has 0 fully saturated rings. The first-order chi connectivity index (χ1) is 8.85. The van der Waals surface area contributed by atoms with Gasteiger partial charge in [-0.2, -0.15) is 0 Å². The number of benzene rings is 1. The average Bonchev–Trinajstić information content (AvgIpc) is 2.74. The molecule has 0 amide bonds. The fraction of sp³-hybridized carbons (Fsp3) is 0.231. The highest BCUT2D eigenvalue weighted by Crippen LogP contribution is 2.26. The van der Waals surface area contributed by atoms with Gasteiger partial charge in [-0.05, 0) is 36.8 Å². The molecule has 1 atom stereocenters. The summed E-state index contributed by atoms with van der Waals surface area (Å²) in [7, 11) is 0. The number of rotatable bonds is 3. The van der Waals surface area contributed by atoms with Crippen LogP contribution in [0.25, 0.3) is 0 Å². The monoisotopic (exact) mass is 307 g/mol. The van der Waals surface area contributed by atoms with Crippen LogP contribution in [0.5, 0.6) is 5.75 Å². The maximum Gasteiger partial charge on any atom is 0.573 e. The molecule has 1 heterocycles. The normalized spacial score (nSPS) is 12.7. The van der Waals surface area contributed by atoms with Gasteiger partial charge in [0.25, 0.3) is 0 Å². The van der Waals surface area contributed by atoms with Gasteiger partial charge in [0, 0.05) is 0 Å². The molecule has 2 rings (SSSR count). The zero-order valence-electron chi connectivity index (χ0n) is 10.5. The zero-order valence-corrected chi connectivity index (χ0v) is 11.3. The van der Waals surface area contributed by atoms with Crippen LogP contribution in [0.15, 0.2) is 40.8 Å². The second-order valence-electron chi connectivity index (χ2n) is 4.04. The third kappa shape index (κ3) is 4.18. The van der Waals surface area contributed by atoms with Crippen molar-refractivity contribution in [2.75, 3.05) is 0 Å². The van der Waals surface area contributed by atoms with Crippen molar-refractivity contribution in [3.05, 3.63) is 53.5 Å². The first-order valence-corrected chi connectivity index (χ1v) is 5.53. The summed E-state index contributed by atoms with van der Waals surface area (Å²) in [6, 6.07) is 8.38. The minimum absolute atomic E-state index is 0. The quantitative estimate of drug-likeness (QED) is 0.934. The lowest BCUT2D eigenvalue weighted by molar-refractivity contribution is -0.274. The first kappa shape index (κ1) is 16.4. The van der Waals surface area contributed by atoms with E-state index >= 15 is 0 Å². The van der Waals surface area contributed by atoms with Gasteiger partial charge in [-0.15, -0.1) is 25.6 Å². The smallest absolute Gasteiger partial charge is 0.464 e. The summed E-state index contributed by atoms with van der Waals surface area (Å²) in [5.41, 5.74) is 6.59. The second-order valence-corrected chi connectivity index (χ2v) is 4.04. The van der Waals surface area contributed by atoms with Gasteiger partial charge >= 0.3 is 6.36 Å². The molecule has 0 aliphatic heterocycles. The van der Waals surface area contributed by atoms with Crippen LogP contribution in [0.2, 0.25) is 0 Å². The fourth-order valence-corrected chi connectivity index (χ4v) is 1.66. The van der Waals surface area contributed by atoms with Crippen molar-refractivity contribution < 1.29 is 22.3 Å². The van der Waals surface area contributed by atoms with Gasteiger partial charge in [0.2, 0.25) is 0 Å². The summed E-state index contributed by atoms with van der Waals surface area (Å²) >= 11 is 0. The third-order valence-electron chi connectivity index (χ3n) is 2.54. The van der Waals surface area contributed by atoms with E-state index in [9.17, 15) is 13.2 Å². The van der Waals surface area contributed by atoms with E-state index < -0.39 is 12.4 Å². The van der Waals surface area contributed by atoms with E-state index in [2.05, 4.69) is 4.74 Å². The van der Waals surface area contributed by atoms with Crippen molar-refractivity contribution in [1.82, 2.24) is 0 Å². The molecular formula is C13H13ClF3NO2. The van der Waals surface area contributed by atoms with Crippen molar-refractivity contribution in [2.24, 2.45) is 5.73 Å². The van der Waals surface area contributed by atoms with Crippen LogP contribution in [-0.4, -0.2) is 6.36 Å². The third-order valence-corrected chi connectivity index (χ3v) is 2.54. The molecule has 1 aromatic carbocycles. The molecule has 110 valence electrons. The van der Waals surface area contributed by atoms with Crippen LogP contribution in [0, 0.1) is 6.92 Å². The molecule has 0 aliphatic carbocycles. The summed E-state index contributed by atoms with van der Waals surface area (Å²) in [4.78, 5) is 0. The number of hydrogen-bond donors (Lipinski definition) is 1. The maximum absolute atomic E-state index is 12.0. The van der Waals surface area contributed by atoms with Gasteiger partial charge in [0.05, 0.1) is 6.04 Å². The van der Waals surface area contributed by atoms with Crippen LogP contribution in [-0.2, 0) is 0 Å². The fourth-order valence-electron chi connectivity index (χ4n) is 1.66. The van der Waals surface area contributed by atoms with E-state index in [0.29, 0.717) is 11.3 Å². The van der Waals surface area contributed by atoms with E-state index in [4.69, 9.17) is 10.2 Å². The molecule has 0 spiro atoms. The number of alkyl halides is 3. The number of furan rings is 1. The largest absolute Gasteiger partial charge is 0.573 e. The van der Waals surface area contributed by atoms with Crippen LogP contribution in [0.1, 0.15) is 23.1 Å². The Kier molecular flexibility index (Phi) is 5.08. The summed E-state index contributed by atoms with van der Waals surface area (Å²) in [6.07, 6.45) is -4.69. The number of halogens is 4. The highest BCUT2D eigenvalue weighted by molar-refractivity contribution is 5.85. The Balaban J connectivity index is 0.00000200. The second kappa shape index (κ2) is 6.19. The Morgan fingerprint density at radius 2 is 1.70 bits per heavy atom. The Labute approximate surface area is 119 Å². The van der Waals surface area contributed by atoms with E-state index in [1.807, 2.05) is 0 Å². The lowest BCUT2D eigenvalue weighted by Gasteiger charge is -2.12. The number of aryl methyl sites for hydroxylation is 1. The Bertz CT molecular complexity index is 551.